The molecule has 0 spiro atoms. The molecule has 0 bridgehead atoms. The maximum atomic E-state index is 12.2. The van der Waals surface area contributed by atoms with E-state index in [2.05, 4.69) is 15.5 Å². The molecule has 0 radical (unpaired) electrons. The summed E-state index contributed by atoms with van der Waals surface area (Å²) in [6, 6.07) is 15.6. The van der Waals surface area contributed by atoms with Gasteiger partial charge in [-0.15, -0.1) is 0 Å². The molecule has 1 unspecified atom stereocenters. The minimum Gasteiger partial charge on any atom is -0.394 e. The number of hydrogen-bond donors (Lipinski definition) is 2. The van der Waals surface area contributed by atoms with Crippen LogP contribution in [-0.4, -0.2) is 41.9 Å². The summed E-state index contributed by atoms with van der Waals surface area (Å²) in [7, 11) is 3.92. The Kier molecular flexibility index (Phi) is 5.28. The van der Waals surface area contributed by atoms with Crippen molar-refractivity contribution >= 4 is 11.6 Å². The van der Waals surface area contributed by atoms with Gasteiger partial charge < -0.3 is 19.8 Å². The molecular weight excluding hydrogens is 332 g/mol. The largest absolute Gasteiger partial charge is 0.394 e. The molecule has 2 N–H and O–H groups in total. The molecule has 1 amide bonds. The van der Waals surface area contributed by atoms with Gasteiger partial charge in [-0.25, -0.2) is 0 Å². The van der Waals surface area contributed by atoms with Gasteiger partial charge in [0.1, 0.15) is 6.04 Å². The Bertz CT molecular complexity index is 860. The Balaban J connectivity index is 1.75. The van der Waals surface area contributed by atoms with Gasteiger partial charge in [0.05, 0.1) is 6.61 Å². The second-order valence-corrected chi connectivity index (χ2v) is 5.97. The summed E-state index contributed by atoms with van der Waals surface area (Å²) in [5, 5.41) is 16.2. The number of carbonyl (C=O) groups excluding carboxylic acids is 1. The van der Waals surface area contributed by atoms with Crippen molar-refractivity contribution < 1.29 is 14.4 Å². The lowest BCUT2D eigenvalue weighted by molar-refractivity contribution is 0.0901. The van der Waals surface area contributed by atoms with Gasteiger partial charge in [0, 0.05) is 30.9 Å². The first-order chi connectivity index (χ1) is 12.6. The van der Waals surface area contributed by atoms with E-state index in [0.717, 1.165) is 11.3 Å². The third-order valence-corrected chi connectivity index (χ3v) is 3.91. The van der Waals surface area contributed by atoms with Gasteiger partial charge in [0.25, 0.3) is 11.8 Å². The summed E-state index contributed by atoms with van der Waals surface area (Å²) >= 11 is 0. The average molecular weight is 352 g/mol. The number of benzene rings is 2. The van der Waals surface area contributed by atoms with Gasteiger partial charge in [-0.3, -0.25) is 4.79 Å². The van der Waals surface area contributed by atoms with E-state index in [-0.39, 0.29) is 18.4 Å². The van der Waals surface area contributed by atoms with E-state index >= 15 is 0 Å². The number of rotatable bonds is 6. The summed E-state index contributed by atoms with van der Waals surface area (Å²) in [4.78, 5) is 18.5. The molecule has 2 aromatic carbocycles. The van der Waals surface area contributed by atoms with Crippen LogP contribution in [0.4, 0.5) is 5.69 Å². The van der Waals surface area contributed by atoms with Crippen LogP contribution in [-0.2, 0) is 0 Å². The molecule has 134 valence electrons. The van der Waals surface area contributed by atoms with Gasteiger partial charge in [-0.05, 0) is 36.4 Å². The Labute approximate surface area is 151 Å². The molecule has 0 saturated carbocycles. The van der Waals surface area contributed by atoms with E-state index < -0.39 is 6.04 Å². The van der Waals surface area contributed by atoms with E-state index in [9.17, 15) is 9.90 Å². The van der Waals surface area contributed by atoms with Gasteiger partial charge >= 0.3 is 0 Å². The molecule has 7 heteroatoms. The third kappa shape index (κ3) is 3.89. The van der Waals surface area contributed by atoms with E-state index in [0.29, 0.717) is 11.4 Å². The highest BCUT2D eigenvalue weighted by atomic mass is 16.5. The smallest absolute Gasteiger partial charge is 0.251 e. The topological polar surface area (TPSA) is 91.5 Å². The third-order valence-electron chi connectivity index (χ3n) is 3.91. The maximum absolute atomic E-state index is 12.2. The summed E-state index contributed by atoms with van der Waals surface area (Å²) in [6.07, 6.45) is 0. The summed E-state index contributed by atoms with van der Waals surface area (Å²) in [5.74, 6) is 0.237. The number of hydrogen-bond acceptors (Lipinski definition) is 6. The predicted octanol–water partition coefficient (Wildman–Crippen LogP) is 2.27. The fraction of sp³-hybridized carbons (Fsp3) is 0.211. The number of nitrogens with one attached hydrogen (secondary N) is 1. The van der Waals surface area contributed by atoms with Crippen LogP contribution in [0.15, 0.2) is 59.1 Å². The lowest BCUT2D eigenvalue weighted by Gasteiger charge is -2.12. The molecule has 1 aromatic heterocycles. The second-order valence-electron chi connectivity index (χ2n) is 5.97. The Morgan fingerprint density at radius 3 is 2.46 bits per heavy atom. The highest BCUT2D eigenvalue weighted by Crippen LogP contribution is 2.21. The quantitative estimate of drug-likeness (QED) is 0.707. The van der Waals surface area contributed by atoms with Gasteiger partial charge in [0.2, 0.25) is 5.82 Å². The van der Waals surface area contributed by atoms with Crippen molar-refractivity contribution in [1.82, 2.24) is 15.5 Å². The zero-order chi connectivity index (χ0) is 18.5. The zero-order valence-corrected chi connectivity index (χ0v) is 14.6. The number of aliphatic hydroxyl groups is 1. The van der Waals surface area contributed by atoms with Gasteiger partial charge in [0.15, 0.2) is 0 Å². The van der Waals surface area contributed by atoms with E-state index in [1.165, 1.54) is 0 Å². The van der Waals surface area contributed by atoms with Crippen LogP contribution >= 0.6 is 0 Å². The first-order valence-corrected chi connectivity index (χ1v) is 8.16. The number of nitrogens with zero attached hydrogens (tertiary/aromatic N) is 3. The average Bonchev–Trinajstić information content (AvgIpc) is 3.16. The minimum absolute atomic E-state index is 0.156. The lowest BCUT2D eigenvalue weighted by Crippen LogP contribution is -2.31. The van der Waals surface area contributed by atoms with Crippen molar-refractivity contribution in [2.45, 2.75) is 6.04 Å². The fourth-order valence-electron chi connectivity index (χ4n) is 2.42. The highest BCUT2D eigenvalue weighted by molar-refractivity contribution is 5.94. The minimum atomic E-state index is -0.773. The van der Waals surface area contributed by atoms with Crippen LogP contribution in [0.25, 0.3) is 11.4 Å². The van der Waals surface area contributed by atoms with Crippen molar-refractivity contribution in [3.05, 3.63) is 66.1 Å². The zero-order valence-electron chi connectivity index (χ0n) is 14.6. The van der Waals surface area contributed by atoms with Gasteiger partial charge in [-0.2, -0.15) is 4.98 Å². The number of amides is 1. The van der Waals surface area contributed by atoms with Crippen molar-refractivity contribution in [3.8, 4) is 11.4 Å². The molecule has 0 aliphatic heterocycles. The van der Waals surface area contributed by atoms with Crippen LogP contribution in [0.3, 0.4) is 0 Å². The number of aliphatic hydroxyl groups excluding tert-OH is 1. The number of aromatic nitrogens is 2. The fourth-order valence-corrected chi connectivity index (χ4v) is 2.42. The van der Waals surface area contributed by atoms with Crippen LogP contribution in [0, 0.1) is 0 Å². The molecule has 1 atom stereocenters. The van der Waals surface area contributed by atoms with E-state index in [1.807, 2.05) is 49.3 Å². The molecule has 0 saturated heterocycles. The molecule has 26 heavy (non-hydrogen) atoms. The monoisotopic (exact) mass is 352 g/mol. The summed E-state index contributed by atoms with van der Waals surface area (Å²) in [6.45, 7) is -0.347. The molecule has 3 rings (SSSR count). The highest BCUT2D eigenvalue weighted by Gasteiger charge is 2.21. The van der Waals surface area contributed by atoms with Gasteiger partial charge in [-0.1, -0.05) is 23.4 Å². The molecule has 3 aromatic rings. The summed E-state index contributed by atoms with van der Waals surface area (Å²) in [5.41, 5.74) is 2.34. The summed E-state index contributed by atoms with van der Waals surface area (Å²) < 4.78 is 5.24. The molecule has 0 aliphatic rings. The number of carbonyl (C=O) groups is 1. The first kappa shape index (κ1) is 17.6. The van der Waals surface area contributed by atoms with Crippen LogP contribution in [0.2, 0.25) is 0 Å². The molecule has 1 heterocycles. The van der Waals surface area contributed by atoms with E-state index in [4.69, 9.17) is 4.52 Å². The Morgan fingerprint density at radius 1 is 1.15 bits per heavy atom. The molecule has 7 nitrogen and oxygen atoms in total. The van der Waals surface area contributed by atoms with Crippen LogP contribution < -0.4 is 10.2 Å². The van der Waals surface area contributed by atoms with Crippen molar-refractivity contribution in [1.29, 1.82) is 0 Å². The predicted molar refractivity (Wildman–Crippen MR) is 97.8 cm³/mol. The van der Waals surface area contributed by atoms with E-state index in [1.54, 1.807) is 24.3 Å². The SMILES string of the molecule is CN(C)c1ccc(-c2noc(C(CO)NC(=O)c3ccccc3)n2)cc1. The lowest BCUT2D eigenvalue weighted by atomic mass is 10.2. The number of anilines is 1. The second kappa shape index (κ2) is 7.79. The maximum Gasteiger partial charge on any atom is 0.251 e. The Morgan fingerprint density at radius 2 is 1.85 bits per heavy atom. The van der Waals surface area contributed by atoms with Crippen molar-refractivity contribution in [3.63, 3.8) is 0 Å². The van der Waals surface area contributed by atoms with Crippen molar-refractivity contribution in [2.75, 3.05) is 25.6 Å². The van der Waals surface area contributed by atoms with Crippen LogP contribution in [0.1, 0.15) is 22.3 Å². The Hall–Kier alpha value is -3.19. The first-order valence-electron chi connectivity index (χ1n) is 8.16. The molecule has 0 fully saturated rings. The standard InChI is InChI=1S/C19H20N4O3/c1-23(2)15-10-8-13(9-11-15)17-21-19(26-22-17)16(12-24)20-18(25)14-6-4-3-5-7-14/h3-11,16,24H,12H2,1-2H3,(H,20,25). The molecular formula is C19H20N4O3. The van der Waals surface area contributed by atoms with Crippen LogP contribution in [0.5, 0.6) is 0 Å². The normalized spacial score (nSPS) is 11.8. The molecule has 0 aliphatic carbocycles. The van der Waals surface area contributed by atoms with Crippen molar-refractivity contribution in [2.24, 2.45) is 0 Å².